The SMILES string of the molecule is Cc1ccc(C(O)CN)c2sc(=O)[nH]c12. The van der Waals surface area contributed by atoms with E-state index in [2.05, 4.69) is 4.98 Å². The first-order valence-electron chi connectivity index (χ1n) is 4.64. The second-order valence-electron chi connectivity index (χ2n) is 3.44. The van der Waals surface area contributed by atoms with Crippen LogP contribution in [0, 0.1) is 6.92 Å². The molecule has 1 unspecified atom stereocenters. The highest BCUT2D eigenvalue weighted by molar-refractivity contribution is 7.16. The molecule has 0 aliphatic carbocycles. The number of aromatic nitrogens is 1. The van der Waals surface area contributed by atoms with Crippen molar-refractivity contribution < 1.29 is 5.11 Å². The van der Waals surface area contributed by atoms with Gasteiger partial charge in [-0.2, -0.15) is 0 Å². The van der Waals surface area contributed by atoms with Crippen molar-refractivity contribution in [3.05, 3.63) is 32.9 Å². The van der Waals surface area contributed by atoms with E-state index >= 15 is 0 Å². The smallest absolute Gasteiger partial charge is 0.305 e. The van der Waals surface area contributed by atoms with E-state index in [1.807, 2.05) is 19.1 Å². The minimum atomic E-state index is -0.709. The normalized spacial score (nSPS) is 13.3. The van der Waals surface area contributed by atoms with Gasteiger partial charge < -0.3 is 15.8 Å². The lowest BCUT2D eigenvalue weighted by molar-refractivity contribution is 0.188. The van der Waals surface area contributed by atoms with E-state index in [0.717, 1.165) is 32.7 Å². The van der Waals surface area contributed by atoms with Crippen molar-refractivity contribution in [3.63, 3.8) is 0 Å². The number of aromatic amines is 1. The molecule has 0 saturated carbocycles. The van der Waals surface area contributed by atoms with Crippen LogP contribution in [0.3, 0.4) is 0 Å². The Labute approximate surface area is 90.4 Å². The summed E-state index contributed by atoms with van der Waals surface area (Å²) in [6.45, 7) is 2.08. The maximum absolute atomic E-state index is 11.3. The molecule has 0 amide bonds. The predicted octanol–water partition coefficient (Wildman–Crippen LogP) is 0.890. The van der Waals surface area contributed by atoms with Crippen molar-refractivity contribution in [2.24, 2.45) is 5.73 Å². The maximum Gasteiger partial charge on any atom is 0.305 e. The summed E-state index contributed by atoms with van der Waals surface area (Å²) in [7, 11) is 0. The maximum atomic E-state index is 11.3. The number of nitrogens with one attached hydrogen (secondary N) is 1. The van der Waals surface area contributed by atoms with Gasteiger partial charge >= 0.3 is 4.87 Å². The summed E-state index contributed by atoms with van der Waals surface area (Å²) in [5.74, 6) is 0. The molecule has 4 N–H and O–H groups in total. The van der Waals surface area contributed by atoms with Gasteiger partial charge in [-0.1, -0.05) is 23.5 Å². The zero-order valence-corrected chi connectivity index (χ0v) is 9.10. The van der Waals surface area contributed by atoms with E-state index in [1.54, 1.807) is 0 Å². The summed E-state index contributed by atoms with van der Waals surface area (Å²) in [6, 6.07) is 3.69. The van der Waals surface area contributed by atoms with Crippen molar-refractivity contribution in [1.29, 1.82) is 0 Å². The number of aliphatic hydroxyl groups excluding tert-OH is 1. The highest BCUT2D eigenvalue weighted by Gasteiger charge is 2.13. The second kappa shape index (κ2) is 3.77. The summed E-state index contributed by atoms with van der Waals surface area (Å²) >= 11 is 1.11. The Balaban J connectivity index is 2.76. The Kier molecular flexibility index (Phi) is 2.60. The Morgan fingerprint density at radius 1 is 1.60 bits per heavy atom. The van der Waals surface area contributed by atoms with E-state index < -0.39 is 6.10 Å². The molecule has 0 radical (unpaired) electrons. The van der Waals surface area contributed by atoms with Crippen molar-refractivity contribution in [1.82, 2.24) is 4.98 Å². The molecule has 1 aromatic carbocycles. The number of thiazole rings is 1. The van der Waals surface area contributed by atoms with Gasteiger partial charge in [-0.3, -0.25) is 4.79 Å². The van der Waals surface area contributed by atoms with E-state index in [9.17, 15) is 9.90 Å². The molecular weight excluding hydrogens is 212 g/mol. The van der Waals surface area contributed by atoms with E-state index in [1.165, 1.54) is 0 Å². The van der Waals surface area contributed by atoms with Crippen LogP contribution in [0.2, 0.25) is 0 Å². The zero-order valence-electron chi connectivity index (χ0n) is 8.28. The Morgan fingerprint density at radius 3 is 3.00 bits per heavy atom. The number of fused-ring (bicyclic) bond motifs is 1. The number of hydrogen-bond donors (Lipinski definition) is 3. The molecule has 5 heteroatoms. The first-order chi connectivity index (χ1) is 7.13. The lowest BCUT2D eigenvalue weighted by Gasteiger charge is -2.09. The van der Waals surface area contributed by atoms with Gasteiger partial charge in [-0.05, 0) is 12.5 Å². The Hall–Kier alpha value is -1.17. The van der Waals surface area contributed by atoms with Gasteiger partial charge in [0.15, 0.2) is 0 Å². The summed E-state index contributed by atoms with van der Waals surface area (Å²) in [6.07, 6.45) is -0.709. The molecule has 0 saturated heterocycles. The molecule has 80 valence electrons. The minimum absolute atomic E-state index is 0.107. The fraction of sp³-hybridized carbons (Fsp3) is 0.300. The van der Waals surface area contributed by atoms with Crippen LogP contribution < -0.4 is 10.6 Å². The number of hydrogen-bond acceptors (Lipinski definition) is 4. The minimum Gasteiger partial charge on any atom is -0.387 e. The topological polar surface area (TPSA) is 79.1 Å². The van der Waals surface area contributed by atoms with Crippen LogP contribution in [0.5, 0.6) is 0 Å². The fourth-order valence-electron chi connectivity index (χ4n) is 1.57. The third-order valence-electron chi connectivity index (χ3n) is 2.40. The molecule has 4 nitrogen and oxygen atoms in total. The van der Waals surface area contributed by atoms with Gasteiger partial charge in [0.05, 0.1) is 16.3 Å². The summed E-state index contributed by atoms with van der Waals surface area (Å²) in [5, 5.41) is 9.69. The standard InChI is InChI=1S/C10H12N2O2S/c1-5-2-3-6(7(13)4-11)9-8(5)12-10(14)15-9/h2-3,7,13H,4,11H2,1H3,(H,12,14). The van der Waals surface area contributed by atoms with Crippen molar-refractivity contribution >= 4 is 21.6 Å². The Bertz CT molecular complexity index is 544. The fourth-order valence-corrected chi connectivity index (χ4v) is 2.55. The first kappa shape index (κ1) is 10.4. The highest BCUT2D eigenvalue weighted by atomic mass is 32.1. The second-order valence-corrected chi connectivity index (χ2v) is 4.42. The first-order valence-corrected chi connectivity index (χ1v) is 5.45. The molecule has 0 aliphatic heterocycles. The monoisotopic (exact) mass is 224 g/mol. The van der Waals surface area contributed by atoms with Crippen molar-refractivity contribution in [3.8, 4) is 0 Å². The van der Waals surface area contributed by atoms with Crippen LogP contribution in [-0.4, -0.2) is 16.6 Å². The molecule has 0 fully saturated rings. The van der Waals surface area contributed by atoms with Crippen LogP contribution in [0.1, 0.15) is 17.2 Å². The lowest BCUT2D eigenvalue weighted by Crippen LogP contribution is -2.11. The molecule has 2 aromatic rings. The largest absolute Gasteiger partial charge is 0.387 e. The van der Waals surface area contributed by atoms with E-state index in [4.69, 9.17) is 5.73 Å². The van der Waals surface area contributed by atoms with Crippen LogP contribution in [0.15, 0.2) is 16.9 Å². The molecule has 1 heterocycles. The highest BCUT2D eigenvalue weighted by Crippen LogP contribution is 2.27. The molecule has 1 atom stereocenters. The number of nitrogens with two attached hydrogens (primary N) is 1. The number of benzene rings is 1. The predicted molar refractivity (Wildman–Crippen MR) is 61.2 cm³/mol. The molecule has 0 spiro atoms. The Morgan fingerprint density at radius 2 is 2.33 bits per heavy atom. The number of aliphatic hydroxyl groups is 1. The molecule has 1 aromatic heterocycles. The van der Waals surface area contributed by atoms with Gasteiger partial charge in [0.1, 0.15) is 0 Å². The third kappa shape index (κ3) is 1.69. The molecule has 15 heavy (non-hydrogen) atoms. The van der Waals surface area contributed by atoms with Crippen LogP contribution in [0.25, 0.3) is 10.2 Å². The molecule has 0 bridgehead atoms. The zero-order chi connectivity index (χ0) is 11.0. The van der Waals surface area contributed by atoms with Crippen molar-refractivity contribution in [2.75, 3.05) is 6.54 Å². The van der Waals surface area contributed by atoms with Gasteiger partial charge in [-0.15, -0.1) is 0 Å². The van der Waals surface area contributed by atoms with Gasteiger partial charge in [-0.25, -0.2) is 0 Å². The summed E-state index contributed by atoms with van der Waals surface area (Å²) < 4.78 is 0.804. The summed E-state index contributed by atoms with van der Waals surface area (Å²) in [5.41, 5.74) is 7.93. The number of rotatable bonds is 2. The van der Waals surface area contributed by atoms with Gasteiger partial charge in [0.25, 0.3) is 0 Å². The lowest BCUT2D eigenvalue weighted by atomic mass is 10.1. The average molecular weight is 224 g/mol. The van der Waals surface area contributed by atoms with Crippen molar-refractivity contribution in [2.45, 2.75) is 13.0 Å². The molecule has 2 rings (SSSR count). The van der Waals surface area contributed by atoms with E-state index in [-0.39, 0.29) is 11.4 Å². The van der Waals surface area contributed by atoms with Crippen LogP contribution in [-0.2, 0) is 0 Å². The molecule has 0 aliphatic rings. The number of aryl methyl sites for hydroxylation is 1. The number of H-pyrrole nitrogens is 1. The van der Waals surface area contributed by atoms with Crippen LogP contribution in [0.4, 0.5) is 0 Å². The average Bonchev–Trinajstić information content (AvgIpc) is 2.60. The van der Waals surface area contributed by atoms with E-state index in [0.29, 0.717) is 0 Å². The quantitative estimate of drug-likeness (QED) is 0.708. The van der Waals surface area contributed by atoms with Gasteiger partial charge in [0.2, 0.25) is 0 Å². The molecular formula is C10H12N2O2S. The van der Waals surface area contributed by atoms with Gasteiger partial charge in [0, 0.05) is 12.1 Å². The summed E-state index contributed by atoms with van der Waals surface area (Å²) in [4.78, 5) is 13.9. The van der Waals surface area contributed by atoms with Crippen LogP contribution >= 0.6 is 11.3 Å². The third-order valence-corrected chi connectivity index (χ3v) is 3.33.